The van der Waals surface area contributed by atoms with Gasteiger partial charge in [0, 0.05) is 24.2 Å². The highest BCUT2D eigenvalue weighted by Gasteiger charge is 2.15. The molecule has 0 spiro atoms. The Morgan fingerprint density at radius 3 is 2.36 bits per heavy atom. The van der Waals surface area contributed by atoms with E-state index in [9.17, 15) is 0 Å². The molecule has 4 aromatic rings. The van der Waals surface area contributed by atoms with Crippen LogP contribution in [0.5, 0.6) is 0 Å². The molecule has 5 heteroatoms. The van der Waals surface area contributed by atoms with Crippen LogP contribution in [0.4, 0.5) is 10.9 Å². The molecular formula is C20H16N4S. The molecular weight excluding hydrogens is 328 g/mol. The summed E-state index contributed by atoms with van der Waals surface area (Å²) in [5.74, 6) is 0.785. The van der Waals surface area contributed by atoms with Crippen LogP contribution in [-0.4, -0.2) is 15.0 Å². The molecule has 3 heterocycles. The largest absolute Gasteiger partial charge is 0.316 e. The molecule has 0 amide bonds. The van der Waals surface area contributed by atoms with Gasteiger partial charge in [-0.05, 0) is 36.8 Å². The number of benzene rings is 1. The van der Waals surface area contributed by atoms with Gasteiger partial charge in [0.15, 0.2) is 5.13 Å². The van der Waals surface area contributed by atoms with Crippen molar-refractivity contribution in [2.75, 3.05) is 5.32 Å². The Morgan fingerprint density at radius 2 is 1.64 bits per heavy atom. The minimum Gasteiger partial charge on any atom is -0.316 e. The lowest BCUT2D eigenvalue weighted by Crippen LogP contribution is -1.91. The number of pyridine rings is 2. The summed E-state index contributed by atoms with van der Waals surface area (Å²) in [5.41, 5.74) is 4.41. The summed E-state index contributed by atoms with van der Waals surface area (Å²) in [4.78, 5) is 14.4. The molecule has 122 valence electrons. The number of nitrogens with one attached hydrogen (secondary N) is 1. The first kappa shape index (κ1) is 15.5. The molecule has 3 aromatic heterocycles. The molecule has 0 aliphatic carbocycles. The smallest absolute Gasteiger partial charge is 0.189 e. The van der Waals surface area contributed by atoms with Crippen molar-refractivity contribution < 1.29 is 0 Å². The minimum atomic E-state index is 0.785. The van der Waals surface area contributed by atoms with Crippen LogP contribution in [-0.2, 0) is 0 Å². The Morgan fingerprint density at radius 1 is 0.840 bits per heavy atom. The first-order valence-electron chi connectivity index (χ1n) is 7.96. The Hall–Kier alpha value is -3.05. The van der Waals surface area contributed by atoms with E-state index in [1.165, 1.54) is 5.56 Å². The van der Waals surface area contributed by atoms with Gasteiger partial charge in [-0.15, -0.1) is 0 Å². The molecule has 0 fully saturated rings. The monoisotopic (exact) mass is 344 g/mol. The fraction of sp³-hybridized carbons (Fsp3) is 0.0500. The third-order valence-corrected chi connectivity index (χ3v) is 4.81. The Labute approximate surface area is 150 Å². The van der Waals surface area contributed by atoms with Crippen molar-refractivity contribution in [1.82, 2.24) is 15.0 Å². The van der Waals surface area contributed by atoms with Crippen LogP contribution in [0.25, 0.3) is 21.7 Å². The number of rotatable bonds is 4. The average Bonchev–Trinajstić information content (AvgIpc) is 3.08. The van der Waals surface area contributed by atoms with E-state index in [1.54, 1.807) is 29.9 Å². The van der Waals surface area contributed by atoms with Gasteiger partial charge in [0.05, 0.1) is 10.6 Å². The second-order valence-electron chi connectivity index (χ2n) is 5.64. The number of nitrogens with zero attached hydrogens (tertiary/aromatic N) is 3. The van der Waals surface area contributed by atoms with Gasteiger partial charge >= 0.3 is 0 Å². The molecule has 1 aromatic carbocycles. The van der Waals surface area contributed by atoms with Crippen molar-refractivity contribution in [2.24, 2.45) is 0 Å². The van der Waals surface area contributed by atoms with Gasteiger partial charge in [-0.1, -0.05) is 47.2 Å². The summed E-state index contributed by atoms with van der Waals surface area (Å²) in [6.07, 6.45) is 5.38. The van der Waals surface area contributed by atoms with Crippen LogP contribution >= 0.6 is 11.3 Å². The molecule has 25 heavy (non-hydrogen) atoms. The maximum absolute atomic E-state index is 4.83. The first-order chi connectivity index (χ1) is 12.3. The summed E-state index contributed by atoms with van der Waals surface area (Å²) in [6, 6.07) is 18.2. The number of aromatic nitrogens is 3. The van der Waals surface area contributed by atoms with Crippen LogP contribution in [0.1, 0.15) is 5.56 Å². The van der Waals surface area contributed by atoms with Crippen molar-refractivity contribution in [3.8, 4) is 21.7 Å². The van der Waals surface area contributed by atoms with Gasteiger partial charge in [0.2, 0.25) is 0 Å². The number of hydrogen-bond acceptors (Lipinski definition) is 5. The molecule has 0 radical (unpaired) electrons. The second-order valence-corrected chi connectivity index (χ2v) is 6.64. The van der Waals surface area contributed by atoms with E-state index >= 15 is 0 Å². The van der Waals surface area contributed by atoms with Gasteiger partial charge in [0.25, 0.3) is 0 Å². The summed E-state index contributed by atoms with van der Waals surface area (Å²) in [7, 11) is 0. The zero-order chi connectivity index (χ0) is 17.1. The fourth-order valence-corrected chi connectivity index (χ4v) is 3.53. The van der Waals surface area contributed by atoms with Crippen molar-refractivity contribution in [2.45, 2.75) is 6.92 Å². The lowest BCUT2D eigenvalue weighted by Gasteiger charge is -2.03. The molecule has 0 saturated carbocycles. The lowest BCUT2D eigenvalue weighted by atomic mass is 10.1. The summed E-state index contributed by atoms with van der Waals surface area (Å²) < 4.78 is 0. The zero-order valence-corrected chi connectivity index (χ0v) is 14.5. The molecule has 0 aliphatic rings. The average molecular weight is 344 g/mol. The van der Waals surface area contributed by atoms with Crippen LogP contribution in [0, 0.1) is 6.92 Å². The number of thiazole rings is 1. The van der Waals surface area contributed by atoms with Gasteiger partial charge in [-0.25, -0.2) is 9.97 Å². The number of hydrogen-bond donors (Lipinski definition) is 1. The highest BCUT2D eigenvalue weighted by Crippen LogP contribution is 2.39. The quantitative estimate of drug-likeness (QED) is 0.544. The third-order valence-electron chi connectivity index (χ3n) is 3.79. The number of anilines is 2. The topological polar surface area (TPSA) is 50.7 Å². The van der Waals surface area contributed by atoms with Crippen molar-refractivity contribution in [3.63, 3.8) is 0 Å². The van der Waals surface area contributed by atoms with Gasteiger partial charge < -0.3 is 5.32 Å². The SMILES string of the molecule is Cc1ccc(-c2nc(Nc3ccccn3)sc2-c2ccncc2)cc1. The Kier molecular flexibility index (Phi) is 4.23. The molecule has 4 rings (SSSR count). The second kappa shape index (κ2) is 6.83. The Balaban J connectivity index is 1.79. The van der Waals surface area contributed by atoms with Gasteiger partial charge in [-0.3, -0.25) is 4.98 Å². The van der Waals surface area contributed by atoms with Gasteiger partial charge in [-0.2, -0.15) is 0 Å². The summed E-state index contributed by atoms with van der Waals surface area (Å²) in [5, 5.41) is 4.12. The highest BCUT2D eigenvalue weighted by atomic mass is 32.1. The van der Waals surface area contributed by atoms with Crippen LogP contribution in [0.3, 0.4) is 0 Å². The summed E-state index contributed by atoms with van der Waals surface area (Å²) in [6.45, 7) is 2.09. The molecule has 0 aliphatic heterocycles. The van der Waals surface area contributed by atoms with E-state index in [2.05, 4.69) is 46.5 Å². The predicted octanol–water partition coefficient (Wildman–Crippen LogP) is 5.32. The van der Waals surface area contributed by atoms with Crippen LogP contribution < -0.4 is 5.32 Å². The first-order valence-corrected chi connectivity index (χ1v) is 8.77. The van der Waals surface area contributed by atoms with E-state index in [-0.39, 0.29) is 0 Å². The van der Waals surface area contributed by atoms with Crippen molar-refractivity contribution in [3.05, 3.63) is 78.8 Å². The normalized spacial score (nSPS) is 10.6. The fourth-order valence-electron chi connectivity index (χ4n) is 2.53. The van der Waals surface area contributed by atoms with Crippen molar-refractivity contribution >= 4 is 22.3 Å². The highest BCUT2D eigenvalue weighted by molar-refractivity contribution is 7.19. The maximum Gasteiger partial charge on any atom is 0.189 e. The maximum atomic E-state index is 4.83. The molecule has 0 atom stereocenters. The van der Waals surface area contributed by atoms with Crippen LogP contribution in [0.15, 0.2) is 73.2 Å². The third kappa shape index (κ3) is 3.41. The molecule has 0 unspecified atom stereocenters. The molecule has 0 saturated heterocycles. The van der Waals surface area contributed by atoms with E-state index < -0.39 is 0 Å². The molecule has 0 bridgehead atoms. The Bertz CT molecular complexity index is 964. The van der Waals surface area contributed by atoms with E-state index in [1.807, 2.05) is 30.3 Å². The van der Waals surface area contributed by atoms with E-state index in [0.717, 1.165) is 32.6 Å². The minimum absolute atomic E-state index is 0.785. The van der Waals surface area contributed by atoms with E-state index in [4.69, 9.17) is 4.98 Å². The van der Waals surface area contributed by atoms with Crippen molar-refractivity contribution in [1.29, 1.82) is 0 Å². The molecule has 4 nitrogen and oxygen atoms in total. The zero-order valence-electron chi connectivity index (χ0n) is 13.7. The summed E-state index contributed by atoms with van der Waals surface area (Å²) >= 11 is 1.62. The number of aryl methyl sites for hydroxylation is 1. The van der Waals surface area contributed by atoms with Crippen LogP contribution in [0.2, 0.25) is 0 Å². The predicted molar refractivity (Wildman–Crippen MR) is 103 cm³/mol. The molecule has 1 N–H and O–H groups in total. The van der Waals surface area contributed by atoms with E-state index in [0.29, 0.717) is 0 Å². The van der Waals surface area contributed by atoms with Gasteiger partial charge in [0.1, 0.15) is 5.82 Å². The standard InChI is InChI=1S/C20H16N4S/c1-14-5-7-15(8-6-14)18-19(16-9-12-21-13-10-16)25-20(24-18)23-17-4-2-3-11-22-17/h2-13H,1H3,(H,22,23,24). The lowest BCUT2D eigenvalue weighted by molar-refractivity contribution is 1.29.